The first-order valence-electron chi connectivity index (χ1n) is 9.59. The number of para-hydroxylation sites is 1. The lowest BCUT2D eigenvalue weighted by Gasteiger charge is -2.13. The molecule has 0 bridgehead atoms. The fraction of sp³-hybridized carbons (Fsp3) is 0.217. The minimum absolute atomic E-state index is 0.164. The Bertz CT molecular complexity index is 1110. The van der Waals surface area contributed by atoms with Crippen LogP contribution in [-0.4, -0.2) is 18.9 Å². The van der Waals surface area contributed by atoms with Crippen molar-refractivity contribution in [2.75, 3.05) is 12.4 Å². The van der Waals surface area contributed by atoms with E-state index in [1.54, 1.807) is 43.5 Å². The Morgan fingerprint density at radius 3 is 2.52 bits per heavy atom. The Balaban J connectivity index is 1.83. The van der Waals surface area contributed by atoms with E-state index in [2.05, 4.69) is 5.32 Å². The van der Waals surface area contributed by atoms with Crippen LogP contribution in [0.15, 0.2) is 48.5 Å². The summed E-state index contributed by atoms with van der Waals surface area (Å²) in [5.41, 5.74) is 6.86. The summed E-state index contributed by atoms with van der Waals surface area (Å²) in [5, 5.41) is 3.74. The highest BCUT2D eigenvalue weighted by Gasteiger charge is 2.19. The highest BCUT2D eigenvalue weighted by molar-refractivity contribution is 7.16. The molecule has 0 atom stereocenters. The maximum Gasteiger partial charge on any atom is 0.256 e. The first-order chi connectivity index (χ1) is 14.8. The Hall–Kier alpha value is -3.03. The Morgan fingerprint density at radius 1 is 1.13 bits per heavy atom. The van der Waals surface area contributed by atoms with Crippen molar-refractivity contribution in [3.63, 3.8) is 0 Å². The lowest BCUT2D eigenvalue weighted by molar-refractivity contribution is 0.100. The molecule has 1 aromatic heterocycles. The van der Waals surface area contributed by atoms with Gasteiger partial charge in [-0.3, -0.25) is 9.59 Å². The van der Waals surface area contributed by atoms with Crippen LogP contribution < -0.4 is 20.5 Å². The van der Waals surface area contributed by atoms with Crippen molar-refractivity contribution < 1.29 is 19.1 Å². The number of hydrogen-bond donors (Lipinski definition) is 2. The monoisotopic (exact) mass is 458 g/mol. The van der Waals surface area contributed by atoms with E-state index in [4.69, 9.17) is 26.8 Å². The number of amides is 2. The maximum absolute atomic E-state index is 12.9. The van der Waals surface area contributed by atoms with Crippen LogP contribution >= 0.6 is 22.9 Å². The Kier molecular flexibility index (Phi) is 7.20. The summed E-state index contributed by atoms with van der Waals surface area (Å²) in [6.45, 7) is 4.19. The summed E-state index contributed by atoms with van der Waals surface area (Å²) in [6, 6.07) is 13.9. The van der Waals surface area contributed by atoms with Gasteiger partial charge in [-0.25, -0.2) is 0 Å². The molecule has 8 heteroatoms. The van der Waals surface area contributed by atoms with Crippen molar-refractivity contribution >= 4 is 39.8 Å². The van der Waals surface area contributed by atoms with E-state index in [0.717, 1.165) is 4.88 Å². The third kappa shape index (κ3) is 5.37. The molecule has 31 heavy (non-hydrogen) atoms. The van der Waals surface area contributed by atoms with Gasteiger partial charge in [-0.05, 0) is 42.3 Å². The molecule has 0 aliphatic rings. The number of benzene rings is 2. The number of thiophene rings is 1. The summed E-state index contributed by atoms with van der Waals surface area (Å²) in [6.07, 6.45) is 0. The van der Waals surface area contributed by atoms with Crippen LogP contribution in [0.2, 0.25) is 5.02 Å². The molecular formula is C23H23ClN2O4S. The second-order valence-corrected chi connectivity index (χ2v) is 8.60. The lowest BCUT2D eigenvalue weighted by Crippen LogP contribution is -2.16. The third-order valence-electron chi connectivity index (χ3n) is 4.58. The molecule has 2 aromatic carbocycles. The molecule has 162 valence electrons. The summed E-state index contributed by atoms with van der Waals surface area (Å²) >= 11 is 7.49. The van der Waals surface area contributed by atoms with Crippen molar-refractivity contribution in [1.29, 1.82) is 0 Å². The molecule has 6 nitrogen and oxygen atoms in total. The lowest BCUT2D eigenvalue weighted by atomic mass is 10.1. The molecule has 0 saturated heterocycles. The topological polar surface area (TPSA) is 90.6 Å². The largest absolute Gasteiger partial charge is 0.496 e. The van der Waals surface area contributed by atoms with E-state index < -0.39 is 5.91 Å². The number of primary amides is 1. The zero-order valence-corrected chi connectivity index (χ0v) is 19.0. The molecule has 1 heterocycles. The average molecular weight is 459 g/mol. The molecule has 0 radical (unpaired) electrons. The van der Waals surface area contributed by atoms with Gasteiger partial charge < -0.3 is 20.5 Å². The maximum atomic E-state index is 12.9. The van der Waals surface area contributed by atoms with Gasteiger partial charge in [0.1, 0.15) is 23.1 Å². The van der Waals surface area contributed by atoms with E-state index in [1.807, 2.05) is 26.0 Å². The van der Waals surface area contributed by atoms with Gasteiger partial charge in [-0.15, -0.1) is 11.3 Å². The van der Waals surface area contributed by atoms with Crippen molar-refractivity contribution in [2.45, 2.75) is 26.4 Å². The quantitative estimate of drug-likeness (QED) is 0.468. The zero-order valence-electron chi connectivity index (χ0n) is 17.4. The predicted octanol–water partition coefficient (Wildman–Crippen LogP) is 5.46. The first-order valence-corrected chi connectivity index (χ1v) is 10.8. The molecule has 3 rings (SSSR count). The number of anilines is 1. The van der Waals surface area contributed by atoms with Crippen molar-refractivity contribution in [3.8, 4) is 11.5 Å². The number of halogens is 1. The van der Waals surface area contributed by atoms with Crippen LogP contribution in [0.4, 0.5) is 5.00 Å². The average Bonchev–Trinajstić information content (AvgIpc) is 3.17. The molecular weight excluding hydrogens is 436 g/mol. The number of carbonyl (C=O) groups excluding carboxylic acids is 2. The molecule has 0 aliphatic heterocycles. The van der Waals surface area contributed by atoms with Gasteiger partial charge in [0.25, 0.3) is 11.8 Å². The van der Waals surface area contributed by atoms with Crippen LogP contribution in [0.5, 0.6) is 11.5 Å². The second kappa shape index (κ2) is 9.85. The van der Waals surface area contributed by atoms with Crippen LogP contribution in [0.1, 0.15) is 50.9 Å². The standard InChI is InChI=1S/C23H23ClN2O4S/c1-13(2)20-11-16(21(25)27)23(31-20)26-22(28)14-8-9-18(29-3)15(10-14)12-30-19-7-5-4-6-17(19)24/h4-11,13H,12H2,1-3H3,(H2,25,27)(H,26,28). The number of nitrogens with two attached hydrogens (primary N) is 1. The van der Waals surface area contributed by atoms with E-state index >= 15 is 0 Å². The van der Waals surface area contributed by atoms with Gasteiger partial charge in [0.2, 0.25) is 0 Å². The molecule has 0 fully saturated rings. The number of nitrogens with one attached hydrogen (secondary N) is 1. The summed E-state index contributed by atoms with van der Waals surface area (Å²) in [5.74, 6) is 0.387. The smallest absolute Gasteiger partial charge is 0.256 e. The number of hydrogen-bond acceptors (Lipinski definition) is 5. The SMILES string of the molecule is COc1ccc(C(=O)Nc2sc(C(C)C)cc2C(N)=O)cc1COc1ccccc1Cl. The summed E-state index contributed by atoms with van der Waals surface area (Å²) < 4.78 is 11.2. The van der Waals surface area contributed by atoms with Crippen LogP contribution in [0.3, 0.4) is 0 Å². The van der Waals surface area contributed by atoms with E-state index in [-0.39, 0.29) is 18.4 Å². The summed E-state index contributed by atoms with van der Waals surface area (Å²) in [4.78, 5) is 25.6. The number of carbonyl (C=O) groups is 2. The first kappa shape index (κ1) is 22.7. The minimum atomic E-state index is -0.581. The van der Waals surface area contributed by atoms with Gasteiger partial charge in [0, 0.05) is 16.0 Å². The van der Waals surface area contributed by atoms with E-state index in [0.29, 0.717) is 38.2 Å². The van der Waals surface area contributed by atoms with Gasteiger partial charge in [0.05, 0.1) is 17.7 Å². The number of methoxy groups -OCH3 is 1. The Labute approximate surface area is 189 Å². The fourth-order valence-corrected chi connectivity index (χ4v) is 4.15. The molecule has 0 aliphatic carbocycles. The molecule has 0 unspecified atom stereocenters. The van der Waals surface area contributed by atoms with Crippen molar-refractivity contribution in [1.82, 2.24) is 0 Å². The normalized spacial score (nSPS) is 10.7. The molecule has 0 saturated carbocycles. The van der Waals surface area contributed by atoms with E-state index in [1.165, 1.54) is 11.3 Å². The van der Waals surface area contributed by atoms with Gasteiger partial charge >= 0.3 is 0 Å². The number of ether oxygens (including phenoxy) is 2. The predicted molar refractivity (Wildman–Crippen MR) is 124 cm³/mol. The van der Waals surface area contributed by atoms with Crippen LogP contribution in [0, 0.1) is 0 Å². The van der Waals surface area contributed by atoms with Crippen molar-refractivity contribution in [3.05, 3.63) is 75.1 Å². The highest BCUT2D eigenvalue weighted by atomic mass is 35.5. The fourth-order valence-electron chi connectivity index (χ4n) is 2.90. The summed E-state index contributed by atoms with van der Waals surface area (Å²) in [7, 11) is 1.55. The van der Waals surface area contributed by atoms with Gasteiger partial charge in [-0.1, -0.05) is 37.6 Å². The van der Waals surface area contributed by atoms with Crippen LogP contribution in [0.25, 0.3) is 0 Å². The highest BCUT2D eigenvalue weighted by Crippen LogP contribution is 2.33. The molecule has 3 N–H and O–H groups in total. The molecule has 0 spiro atoms. The van der Waals surface area contributed by atoms with Crippen LogP contribution in [-0.2, 0) is 6.61 Å². The molecule has 3 aromatic rings. The number of rotatable bonds is 8. The van der Waals surface area contributed by atoms with Crippen molar-refractivity contribution in [2.24, 2.45) is 5.73 Å². The molecule has 2 amide bonds. The van der Waals surface area contributed by atoms with E-state index in [9.17, 15) is 9.59 Å². The zero-order chi connectivity index (χ0) is 22.5. The van der Waals surface area contributed by atoms with Gasteiger partial charge in [-0.2, -0.15) is 0 Å². The minimum Gasteiger partial charge on any atom is -0.496 e. The Morgan fingerprint density at radius 2 is 1.87 bits per heavy atom. The third-order valence-corrected chi connectivity index (χ3v) is 6.24. The van der Waals surface area contributed by atoms with Gasteiger partial charge in [0.15, 0.2) is 0 Å². The second-order valence-electron chi connectivity index (χ2n) is 7.11.